The van der Waals surface area contributed by atoms with Crippen molar-refractivity contribution in [2.75, 3.05) is 16.3 Å². The van der Waals surface area contributed by atoms with Crippen molar-refractivity contribution in [2.24, 2.45) is 0 Å². The van der Waals surface area contributed by atoms with E-state index in [-0.39, 0.29) is 6.04 Å². The normalized spacial score (nSPS) is 12.4. The molecule has 0 radical (unpaired) electrons. The first-order valence-electron chi connectivity index (χ1n) is 15.1. The first kappa shape index (κ1) is 30.7. The first-order chi connectivity index (χ1) is 22.0. The van der Waals surface area contributed by atoms with Crippen LogP contribution in [-0.2, 0) is 0 Å². The van der Waals surface area contributed by atoms with Crippen molar-refractivity contribution in [1.82, 2.24) is 0 Å². The van der Waals surface area contributed by atoms with Gasteiger partial charge >= 0.3 is 0 Å². The summed E-state index contributed by atoms with van der Waals surface area (Å²) in [6.07, 6.45) is 23.6. The number of rotatable bonds is 9. The molecule has 0 N–H and O–H groups in total. The SMILES string of the molecule is C#C/C=C\C=C/CN(c1ccccc1)c1ccc(C=C)c2c(=C)c(C)c(N(c3ccccc3)C3C=CC=C3)ccc(=C)ccc12. The van der Waals surface area contributed by atoms with E-state index in [1.807, 2.05) is 30.4 Å². The van der Waals surface area contributed by atoms with E-state index in [2.05, 4.69) is 151 Å². The summed E-state index contributed by atoms with van der Waals surface area (Å²) >= 11 is 0. The van der Waals surface area contributed by atoms with Crippen LogP contribution in [0.25, 0.3) is 30.0 Å². The van der Waals surface area contributed by atoms with Gasteiger partial charge in [-0.15, -0.1) is 6.42 Å². The minimum atomic E-state index is 0.0649. The topological polar surface area (TPSA) is 6.48 Å². The molecular formula is C43H38N2. The van der Waals surface area contributed by atoms with Gasteiger partial charge in [-0.3, -0.25) is 0 Å². The number of nitrogens with zero attached hydrogens (tertiary/aromatic N) is 2. The van der Waals surface area contributed by atoms with Gasteiger partial charge in [-0.05, 0) is 76.3 Å². The zero-order chi connectivity index (χ0) is 31.6. The molecular weight excluding hydrogens is 544 g/mol. The Labute approximate surface area is 267 Å². The summed E-state index contributed by atoms with van der Waals surface area (Å²) in [5.74, 6) is 2.55. The number of hydrogen-bond donors (Lipinski definition) is 0. The van der Waals surface area contributed by atoms with Crippen LogP contribution in [0.2, 0.25) is 0 Å². The number of para-hydroxylation sites is 2. The van der Waals surface area contributed by atoms with Gasteiger partial charge < -0.3 is 9.80 Å². The van der Waals surface area contributed by atoms with Gasteiger partial charge in [0.1, 0.15) is 0 Å². The van der Waals surface area contributed by atoms with E-state index in [0.29, 0.717) is 6.54 Å². The number of fused-ring (bicyclic) bond motifs is 1. The van der Waals surface area contributed by atoms with Crippen LogP contribution in [0.1, 0.15) is 11.1 Å². The Morgan fingerprint density at radius 2 is 1.42 bits per heavy atom. The van der Waals surface area contributed by atoms with Gasteiger partial charge in [0.2, 0.25) is 0 Å². The van der Waals surface area contributed by atoms with E-state index in [1.165, 1.54) is 0 Å². The predicted octanol–water partition coefficient (Wildman–Crippen LogP) is 9.25. The van der Waals surface area contributed by atoms with Crippen LogP contribution in [-0.4, -0.2) is 12.6 Å². The van der Waals surface area contributed by atoms with Gasteiger partial charge in [0.15, 0.2) is 0 Å². The average molecular weight is 583 g/mol. The highest BCUT2D eigenvalue weighted by atomic mass is 15.2. The van der Waals surface area contributed by atoms with Crippen molar-refractivity contribution in [3.8, 4) is 12.3 Å². The van der Waals surface area contributed by atoms with Crippen LogP contribution in [0, 0.1) is 19.3 Å². The minimum Gasteiger partial charge on any atom is -0.337 e. The summed E-state index contributed by atoms with van der Waals surface area (Å²) < 4.78 is 0. The van der Waals surface area contributed by atoms with Gasteiger partial charge in [-0.1, -0.05) is 135 Å². The van der Waals surface area contributed by atoms with Crippen molar-refractivity contribution in [1.29, 1.82) is 0 Å². The second-order valence-corrected chi connectivity index (χ2v) is 10.8. The molecule has 0 bridgehead atoms. The third-order valence-electron chi connectivity index (χ3n) is 7.94. The van der Waals surface area contributed by atoms with E-state index in [1.54, 1.807) is 6.08 Å². The molecule has 0 amide bonds. The van der Waals surface area contributed by atoms with E-state index >= 15 is 0 Å². The summed E-state index contributed by atoms with van der Waals surface area (Å²) in [5, 5.41) is 3.92. The van der Waals surface area contributed by atoms with Crippen LogP contribution in [0.4, 0.5) is 22.7 Å². The Kier molecular flexibility index (Phi) is 9.95. The van der Waals surface area contributed by atoms with Crippen LogP contribution in [0.3, 0.4) is 0 Å². The zero-order valence-electron chi connectivity index (χ0n) is 25.8. The van der Waals surface area contributed by atoms with Crippen LogP contribution < -0.4 is 20.2 Å². The Balaban J connectivity index is 1.85. The monoisotopic (exact) mass is 582 g/mol. The molecule has 0 saturated carbocycles. The number of anilines is 4. The minimum absolute atomic E-state index is 0.0649. The molecule has 4 aromatic rings. The van der Waals surface area contributed by atoms with E-state index in [4.69, 9.17) is 13.0 Å². The van der Waals surface area contributed by atoms with Crippen molar-refractivity contribution in [2.45, 2.75) is 13.0 Å². The highest BCUT2D eigenvalue weighted by Gasteiger charge is 2.20. The summed E-state index contributed by atoms with van der Waals surface area (Å²) in [6.45, 7) is 16.1. The van der Waals surface area contributed by atoms with Crippen LogP contribution >= 0.6 is 0 Å². The second kappa shape index (κ2) is 14.6. The standard InChI is InChI=1S/C43H38N2/c1-6-8-9-10-19-32-44(37-20-13-11-14-21-37)42-31-28-36(7-2)43-35(5)34(4)41(30-27-33(3)26-29-40(42)43)45(39-24-17-18-25-39)38-22-15-12-16-23-38/h1,7-31,39H,2-3,5,32H2,4H3/b9-8-,19-10-,29-26?,30-27?,41-34?. The maximum atomic E-state index is 5.41. The Bertz CT molecular complexity index is 1990. The van der Waals surface area contributed by atoms with E-state index in [9.17, 15) is 0 Å². The molecule has 0 fully saturated rings. The molecule has 0 unspecified atom stereocenters. The molecule has 0 saturated heterocycles. The van der Waals surface area contributed by atoms with Crippen molar-refractivity contribution < 1.29 is 0 Å². The van der Waals surface area contributed by atoms with E-state index < -0.39 is 0 Å². The lowest BCUT2D eigenvalue weighted by molar-refractivity contribution is 0.949. The molecule has 4 aromatic carbocycles. The van der Waals surface area contributed by atoms with Crippen molar-refractivity contribution >= 4 is 52.8 Å². The molecule has 0 aromatic heterocycles. The maximum Gasteiger partial charge on any atom is 0.0712 e. The Morgan fingerprint density at radius 1 is 0.778 bits per heavy atom. The van der Waals surface area contributed by atoms with Crippen molar-refractivity contribution in [3.05, 3.63) is 174 Å². The number of benzene rings is 3. The number of hydrogen-bond acceptors (Lipinski definition) is 2. The fraction of sp³-hybridized carbons (Fsp3) is 0.0698. The van der Waals surface area contributed by atoms with Crippen LogP contribution in [0.5, 0.6) is 0 Å². The fourth-order valence-electron chi connectivity index (χ4n) is 5.66. The van der Waals surface area contributed by atoms with E-state index in [0.717, 1.165) is 55.1 Å². The van der Waals surface area contributed by atoms with Crippen molar-refractivity contribution in [3.63, 3.8) is 0 Å². The third kappa shape index (κ3) is 6.90. The summed E-state index contributed by atoms with van der Waals surface area (Å²) in [6, 6.07) is 33.8. The largest absolute Gasteiger partial charge is 0.337 e. The number of terminal acetylenes is 1. The molecule has 5 rings (SSSR count). The summed E-state index contributed by atoms with van der Waals surface area (Å²) in [4.78, 5) is 4.66. The van der Waals surface area contributed by atoms with Gasteiger partial charge in [0.05, 0.1) is 6.04 Å². The zero-order valence-corrected chi connectivity index (χ0v) is 25.8. The molecule has 2 nitrogen and oxygen atoms in total. The maximum absolute atomic E-state index is 5.41. The second-order valence-electron chi connectivity index (χ2n) is 10.8. The predicted molar refractivity (Wildman–Crippen MR) is 198 cm³/mol. The average Bonchev–Trinajstić information content (AvgIpc) is 3.61. The van der Waals surface area contributed by atoms with Gasteiger partial charge in [0.25, 0.3) is 0 Å². The Morgan fingerprint density at radius 3 is 2.09 bits per heavy atom. The molecule has 0 heterocycles. The first-order valence-corrected chi connectivity index (χ1v) is 15.1. The number of allylic oxidation sites excluding steroid dienone is 5. The molecule has 0 atom stereocenters. The van der Waals surface area contributed by atoms with Gasteiger partial charge in [-0.25, -0.2) is 0 Å². The lowest BCUT2D eigenvalue weighted by Gasteiger charge is -2.30. The van der Waals surface area contributed by atoms with Crippen LogP contribution in [0.15, 0.2) is 152 Å². The van der Waals surface area contributed by atoms with Gasteiger partial charge in [-0.2, -0.15) is 0 Å². The quantitative estimate of drug-likeness (QED) is 0.143. The Hall–Kier alpha value is -5.78. The lowest BCUT2D eigenvalue weighted by atomic mass is 9.98. The molecule has 1 aliphatic rings. The molecule has 1 aliphatic carbocycles. The highest BCUT2D eigenvalue weighted by molar-refractivity contribution is 6.01. The molecule has 220 valence electrons. The van der Waals surface area contributed by atoms with Gasteiger partial charge in [0, 0.05) is 34.7 Å². The molecule has 0 spiro atoms. The fourth-order valence-corrected chi connectivity index (χ4v) is 5.66. The molecule has 0 aliphatic heterocycles. The highest BCUT2D eigenvalue weighted by Crippen LogP contribution is 2.35. The molecule has 2 heteroatoms. The smallest absolute Gasteiger partial charge is 0.0712 e. The summed E-state index contributed by atoms with van der Waals surface area (Å²) in [7, 11) is 0. The molecule has 45 heavy (non-hydrogen) atoms. The lowest BCUT2D eigenvalue weighted by Crippen LogP contribution is -2.28. The third-order valence-corrected chi connectivity index (χ3v) is 7.94. The summed E-state index contributed by atoms with van der Waals surface area (Å²) in [5.41, 5.74) is 6.37.